The summed E-state index contributed by atoms with van der Waals surface area (Å²) in [6, 6.07) is 0.235. The molecule has 28 heavy (non-hydrogen) atoms. The number of fused-ring (bicyclic) bond motifs is 1. The fourth-order valence-corrected chi connectivity index (χ4v) is 4.41. The first-order chi connectivity index (χ1) is 13.5. The van der Waals surface area contributed by atoms with Gasteiger partial charge in [-0.2, -0.15) is 0 Å². The number of aromatic nitrogens is 2. The molecule has 1 saturated carbocycles. The zero-order chi connectivity index (χ0) is 20.1. The molecule has 0 atom stereocenters. The van der Waals surface area contributed by atoms with Crippen molar-refractivity contribution >= 4 is 33.4 Å². The Morgan fingerprint density at radius 1 is 1.32 bits per heavy atom. The monoisotopic (exact) mass is 405 g/mol. The van der Waals surface area contributed by atoms with Gasteiger partial charge in [-0.15, -0.1) is 11.3 Å². The third-order valence-corrected chi connectivity index (χ3v) is 6.22. The number of amides is 1. The average Bonchev–Trinajstić information content (AvgIpc) is 3.15. The van der Waals surface area contributed by atoms with Crippen LogP contribution in [0, 0.1) is 0 Å². The van der Waals surface area contributed by atoms with Gasteiger partial charge in [0.05, 0.1) is 23.9 Å². The molecule has 152 valence electrons. The van der Waals surface area contributed by atoms with Gasteiger partial charge < -0.3 is 9.64 Å². The Morgan fingerprint density at radius 2 is 2.07 bits per heavy atom. The van der Waals surface area contributed by atoms with E-state index in [1.165, 1.54) is 28.7 Å². The number of carbonyl (C=O) groups excluding carboxylic acids is 2. The molecule has 0 aromatic carbocycles. The van der Waals surface area contributed by atoms with Crippen molar-refractivity contribution in [3.63, 3.8) is 0 Å². The van der Waals surface area contributed by atoms with Gasteiger partial charge in [-0.3, -0.25) is 14.2 Å². The second-order valence-corrected chi connectivity index (χ2v) is 8.15. The quantitative estimate of drug-likeness (QED) is 0.522. The van der Waals surface area contributed by atoms with Gasteiger partial charge in [0.2, 0.25) is 5.91 Å². The topological polar surface area (TPSA) is 81.5 Å². The van der Waals surface area contributed by atoms with Crippen molar-refractivity contribution in [2.45, 2.75) is 64.5 Å². The molecule has 2 heterocycles. The van der Waals surface area contributed by atoms with E-state index in [1.807, 2.05) is 6.92 Å². The summed E-state index contributed by atoms with van der Waals surface area (Å²) in [5.41, 5.74) is -0.143. The van der Waals surface area contributed by atoms with Crippen LogP contribution in [-0.4, -0.2) is 46.0 Å². The lowest BCUT2D eigenvalue weighted by Gasteiger charge is -2.31. The number of ether oxygens (including phenoxy) is 1. The second kappa shape index (κ2) is 9.32. The average molecular weight is 406 g/mol. The van der Waals surface area contributed by atoms with Gasteiger partial charge in [-0.1, -0.05) is 32.6 Å². The first-order valence-corrected chi connectivity index (χ1v) is 10.8. The van der Waals surface area contributed by atoms with E-state index in [0.29, 0.717) is 11.4 Å². The van der Waals surface area contributed by atoms with E-state index in [-0.39, 0.29) is 35.0 Å². The predicted octanol–water partition coefficient (Wildman–Crippen LogP) is 3.21. The molecule has 3 rings (SSSR count). The van der Waals surface area contributed by atoms with Crippen LogP contribution in [0.25, 0.3) is 10.2 Å². The summed E-state index contributed by atoms with van der Waals surface area (Å²) in [5.74, 6) is -0.626. The van der Waals surface area contributed by atoms with E-state index in [2.05, 4.69) is 4.98 Å². The summed E-state index contributed by atoms with van der Waals surface area (Å²) in [4.78, 5) is 44.4. The smallest absolute Gasteiger partial charge is 0.339 e. The van der Waals surface area contributed by atoms with Crippen molar-refractivity contribution in [1.82, 2.24) is 14.5 Å². The minimum absolute atomic E-state index is 0.0745. The van der Waals surface area contributed by atoms with E-state index in [9.17, 15) is 14.4 Å². The predicted molar refractivity (Wildman–Crippen MR) is 109 cm³/mol. The number of unbranched alkanes of at least 4 members (excludes halogenated alkanes) is 1. The van der Waals surface area contributed by atoms with Crippen molar-refractivity contribution in [2.75, 3.05) is 13.7 Å². The maximum absolute atomic E-state index is 12.9. The number of hydrogen-bond acceptors (Lipinski definition) is 6. The molecule has 0 N–H and O–H groups in total. The first-order valence-electron chi connectivity index (χ1n) is 9.92. The number of carbonyl (C=O) groups is 2. The fraction of sp³-hybridized carbons (Fsp3) is 0.600. The molecule has 1 aliphatic carbocycles. The maximum Gasteiger partial charge on any atom is 0.339 e. The standard InChI is InChI=1S/C20H27N3O4S/c1-3-4-10-27-20(26)15-12-28-18-17(15)19(25)23(13-21-18)11-16(24)22(2)14-8-6-5-7-9-14/h12-14H,3-11H2,1-2H3. The van der Waals surface area contributed by atoms with Crippen LogP contribution in [0.15, 0.2) is 16.5 Å². The largest absolute Gasteiger partial charge is 0.462 e. The molecule has 0 saturated heterocycles. The Kier molecular flexibility index (Phi) is 6.83. The molecule has 7 nitrogen and oxygen atoms in total. The third kappa shape index (κ3) is 4.43. The van der Waals surface area contributed by atoms with Crippen LogP contribution >= 0.6 is 11.3 Å². The lowest BCUT2D eigenvalue weighted by molar-refractivity contribution is -0.133. The van der Waals surface area contributed by atoms with Crippen LogP contribution in [0.1, 0.15) is 62.2 Å². The number of nitrogens with zero attached hydrogens (tertiary/aromatic N) is 3. The molecular formula is C20H27N3O4S. The van der Waals surface area contributed by atoms with Gasteiger partial charge in [-0.05, 0) is 19.3 Å². The highest BCUT2D eigenvalue weighted by Gasteiger charge is 2.24. The number of thiophene rings is 1. The van der Waals surface area contributed by atoms with Crippen LogP contribution in [0.3, 0.4) is 0 Å². The molecule has 0 unspecified atom stereocenters. The van der Waals surface area contributed by atoms with E-state index in [1.54, 1.807) is 17.3 Å². The molecular weight excluding hydrogens is 378 g/mol. The van der Waals surface area contributed by atoms with Gasteiger partial charge in [-0.25, -0.2) is 9.78 Å². The highest BCUT2D eigenvalue weighted by atomic mass is 32.1. The van der Waals surface area contributed by atoms with E-state index >= 15 is 0 Å². The number of esters is 1. The first kappa shape index (κ1) is 20.5. The van der Waals surface area contributed by atoms with Gasteiger partial charge in [0.25, 0.3) is 5.56 Å². The molecule has 1 amide bonds. The van der Waals surface area contributed by atoms with Gasteiger partial charge in [0, 0.05) is 18.5 Å². The molecule has 1 fully saturated rings. The van der Waals surface area contributed by atoms with Crippen LogP contribution in [0.2, 0.25) is 0 Å². The Morgan fingerprint density at radius 3 is 2.79 bits per heavy atom. The van der Waals surface area contributed by atoms with Crippen molar-refractivity contribution in [3.8, 4) is 0 Å². The summed E-state index contributed by atoms with van der Waals surface area (Å²) in [7, 11) is 1.80. The van der Waals surface area contributed by atoms with Gasteiger partial charge in [0.1, 0.15) is 11.4 Å². The Hall–Kier alpha value is -2.22. The Balaban J connectivity index is 1.79. The highest BCUT2D eigenvalue weighted by Crippen LogP contribution is 2.23. The lowest BCUT2D eigenvalue weighted by Crippen LogP contribution is -2.41. The number of rotatable bonds is 7. The summed E-state index contributed by atoms with van der Waals surface area (Å²) in [6.07, 6.45) is 8.58. The van der Waals surface area contributed by atoms with E-state index in [0.717, 1.165) is 38.5 Å². The van der Waals surface area contributed by atoms with Crippen LogP contribution in [0.4, 0.5) is 0 Å². The van der Waals surface area contributed by atoms with Crippen molar-refractivity contribution in [2.24, 2.45) is 0 Å². The number of likely N-dealkylation sites (N-methyl/N-ethyl adjacent to an activating group) is 1. The molecule has 0 radical (unpaired) electrons. The molecule has 0 bridgehead atoms. The Labute approximate surface area is 168 Å². The van der Waals surface area contributed by atoms with Crippen molar-refractivity contribution in [3.05, 3.63) is 27.6 Å². The molecule has 1 aliphatic rings. The van der Waals surface area contributed by atoms with Gasteiger partial charge in [0.15, 0.2) is 0 Å². The SMILES string of the molecule is CCCCOC(=O)c1csc2ncn(CC(=O)N(C)C3CCCCC3)c(=O)c12. The minimum atomic E-state index is -0.512. The Bertz CT molecular complexity index is 898. The number of hydrogen-bond donors (Lipinski definition) is 0. The van der Waals surface area contributed by atoms with Crippen LogP contribution < -0.4 is 5.56 Å². The second-order valence-electron chi connectivity index (χ2n) is 7.29. The zero-order valence-corrected chi connectivity index (χ0v) is 17.3. The highest BCUT2D eigenvalue weighted by molar-refractivity contribution is 7.17. The maximum atomic E-state index is 12.9. The van der Waals surface area contributed by atoms with Gasteiger partial charge >= 0.3 is 5.97 Å². The summed E-state index contributed by atoms with van der Waals surface area (Å²) >= 11 is 1.23. The molecule has 2 aromatic heterocycles. The molecule has 8 heteroatoms. The molecule has 0 spiro atoms. The van der Waals surface area contributed by atoms with E-state index < -0.39 is 5.97 Å². The van der Waals surface area contributed by atoms with Crippen molar-refractivity contribution in [1.29, 1.82) is 0 Å². The van der Waals surface area contributed by atoms with Crippen molar-refractivity contribution < 1.29 is 14.3 Å². The lowest BCUT2D eigenvalue weighted by atomic mass is 9.94. The van der Waals surface area contributed by atoms with Crippen LogP contribution in [0.5, 0.6) is 0 Å². The summed E-state index contributed by atoms with van der Waals surface area (Å²) < 4.78 is 6.54. The zero-order valence-electron chi connectivity index (χ0n) is 16.5. The summed E-state index contributed by atoms with van der Waals surface area (Å²) in [5, 5.41) is 1.84. The summed E-state index contributed by atoms with van der Waals surface area (Å²) in [6.45, 7) is 2.26. The fourth-order valence-electron chi connectivity index (χ4n) is 3.55. The van der Waals surface area contributed by atoms with E-state index in [4.69, 9.17) is 4.74 Å². The molecule has 0 aliphatic heterocycles. The van der Waals surface area contributed by atoms with Crippen LogP contribution in [-0.2, 0) is 16.1 Å². The third-order valence-electron chi connectivity index (χ3n) is 5.33. The minimum Gasteiger partial charge on any atom is -0.462 e. The normalized spacial score (nSPS) is 14.9. The molecule has 2 aromatic rings.